The zero-order valence-electron chi connectivity index (χ0n) is 14.7. The van der Waals surface area contributed by atoms with Crippen LogP contribution in [0.5, 0.6) is 0 Å². The molecule has 0 N–H and O–H groups in total. The second-order valence-electron chi connectivity index (χ2n) is 6.85. The number of hydrogen-bond donors (Lipinski definition) is 0. The number of aromatic nitrogens is 4. The largest absolute Gasteiger partial charge is 0.333 e. The number of rotatable bonds is 2. The Labute approximate surface area is 160 Å². The van der Waals surface area contributed by atoms with E-state index in [0.29, 0.717) is 18.7 Å². The molecule has 0 spiro atoms. The van der Waals surface area contributed by atoms with Gasteiger partial charge in [0.2, 0.25) is 0 Å². The van der Waals surface area contributed by atoms with Crippen LogP contribution < -0.4 is 0 Å². The van der Waals surface area contributed by atoms with E-state index in [1.165, 1.54) is 22.9 Å². The standard InChI is InChI=1S/C20H17N5OS/c1-24-10-15(9-21-24)17-12-25(11-14-4-2-3-5-16(14)17)20(26)13-6-7-18-19(8-13)23-27-22-18/h2-10,17H,11-12H2,1H3. The summed E-state index contributed by atoms with van der Waals surface area (Å²) >= 11 is 1.17. The summed E-state index contributed by atoms with van der Waals surface area (Å²) in [5, 5.41) is 4.32. The van der Waals surface area contributed by atoms with Gasteiger partial charge in [-0.2, -0.15) is 13.8 Å². The number of carbonyl (C=O) groups excluding carboxylic acids is 1. The van der Waals surface area contributed by atoms with Crippen LogP contribution in [0.2, 0.25) is 0 Å². The molecule has 0 saturated carbocycles. The van der Waals surface area contributed by atoms with Crippen molar-refractivity contribution in [1.82, 2.24) is 23.4 Å². The van der Waals surface area contributed by atoms with E-state index in [0.717, 1.165) is 16.6 Å². The molecular weight excluding hydrogens is 358 g/mol. The molecule has 2 aromatic carbocycles. The van der Waals surface area contributed by atoms with Crippen molar-refractivity contribution in [3.63, 3.8) is 0 Å². The summed E-state index contributed by atoms with van der Waals surface area (Å²) < 4.78 is 10.3. The van der Waals surface area contributed by atoms with Gasteiger partial charge in [0.1, 0.15) is 11.0 Å². The van der Waals surface area contributed by atoms with Gasteiger partial charge in [-0.05, 0) is 34.9 Å². The van der Waals surface area contributed by atoms with Crippen LogP contribution in [0.25, 0.3) is 11.0 Å². The van der Waals surface area contributed by atoms with Gasteiger partial charge in [0.25, 0.3) is 5.91 Å². The summed E-state index contributed by atoms with van der Waals surface area (Å²) in [7, 11) is 1.91. The number of hydrogen-bond acceptors (Lipinski definition) is 5. The van der Waals surface area contributed by atoms with Crippen molar-refractivity contribution in [2.24, 2.45) is 7.05 Å². The van der Waals surface area contributed by atoms with Crippen LogP contribution in [-0.2, 0) is 13.6 Å². The fraction of sp³-hybridized carbons (Fsp3) is 0.200. The SMILES string of the molecule is Cn1cc(C2CN(C(=O)c3ccc4nsnc4c3)Cc3ccccc32)cn1. The molecule has 1 atom stereocenters. The molecule has 4 aromatic rings. The monoisotopic (exact) mass is 375 g/mol. The van der Waals surface area contributed by atoms with Crippen LogP contribution in [0, 0.1) is 0 Å². The Kier molecular flexibility index (Phi) is 3.75. The minimum Gasteiger partial charge on any atom is -0.333 e. The van der Waals surface area contributed by atoms with Crippen molar-refractivity contribution in [3.8, 4) is 0 Å². The number of fused-ring (bicyclic) bond motifs is 2. The summed E-state index contributed by atoms with van der Waals surface area (Å²) in [4.78, 5) is 15.1. The molecule has 0 radical (unpaired) electrons. The predicted octanol–water partition coefficient (Wildman–Crippen LogP) is 3.21. The highest BCUT2D eigenvalue weighted by Gasteiger charge is 2.30. The summed E-state index contributed by atoms with van der Waals surface area (Å²) in [5.74, 6) is 0.144. The summed E-state index contributed by atoms with van der Waals surface area (Å²) in [6.45, 7) is 1.24. The normalized spacial score (nSPS) is 16.5. The molecule has 3 heterocycles. The van der Waals surface area contributed by atoms with Gasteiger partial charge >= 0.3 is 0 Å². The predicted molar refractivity (Wildman–Crippen MR) is 104 cm³/mol. The van der Waals surface area contributed by atoms with Gasteiger partial charge in [-0.1, -0.05) is 24.3 Å². The number of aryl methyl sites for hydroxylation is 1. The van der Waals surface area contributed by atoms with Crippen LogP contribution in [0.3, 0.4) is 0 Å². The lowest BCUT2D eigenvalue weighted by molar-refractivity contribution is 0.0725. The van der Waals surface area contributed by atoms with E-state index in [9.17, 15) is 4.79 Å². The third kappa shape index (κ3) is 2.80. The van der Waals surface area contributed by atoms with Gasteiger partial charge in [-0.3, -0.25) is 9.48 Å². The van der Waals surface area contributed by atoms with E-state index in [1.807, 2.05) is 53.3 Å². The molecule has 1 aliphatic heterocycles. The fourth-order valence-electron chi connectivity index (χ4n) is 3.76. The molecule has 6 nitrogen and oxygen atoms in total. The Morgan fingerprint density at radius 3 is 2.85 bits per heavy atom. The molecule has 7 heteroatoms. The first-order valence-corrected chi connectivity index (χ1v) is 9.50. The number of carbonyl (C=O) groups is 1. The first-order valence-electron chi connectivity index (χ1n) is 8.77. The van der Waals surface area contributed by atoms with Gasteiger partial charge in [-0.15, -0.1) is 0 Å². The summed E-state index contributed by atoms with van der Waals surface area (Å²) in [5.41, 5.74) is 5.83. The van der Waals surface area contributed by atoms with Crippen molar-refractivity contribution >= 4 is 28.7 Å². The topological polar surface area (TPSA) is 63.9 Å². The minimum atomic E-state index is 0.0216. The molecule has 1 aliphatic rings. The Balaban J connectivity index is 1.52. The molecule has 1 amide bonds. The molecule has 27 heavy (non-hydrogen) atoms. The Morgan fingerprint density at radius 2 is 2.00 bits per heavy atom. The first-order chi connectivity index (χ1) is 13.2. The molecule has 0 bridgehead atoms. The van der Waals surface area contributed by atoms with Gasteiger partial charge < -0.3 is 4.90 Å². The molecule has 0 aliphatic carbocycles. The number of nitrogens with zero attached hydrogens (tertiary/aromatic N) is 5. The van der Waals surface area contributed by atoms with Crippen LogP contribution in [0.15, 0.2) is 54.9 Å². The lowest BCUT2D eigenvalue weighted by atomic mass is 9.86. The van der Waals surface area contributed by atoms with Gasteiger partial charge in [0.05, 0.1) is 17.9 Å². The maximum Gasteiger partial charge on any atom is 0.254 e. The first kappa shape index (κ1) is 16.1. The van der Waals surface area contributed by atoms with Gasteiger partial charge in [0, 0.05) is 37.8 Å². The zero-order valence-corrected chi connectivity index (χ0v) is 15.6. The van der Waals surface area contributed by atoms with E-state index in [1.54, 1.807) is 0 Å². The Bertz CT molecular complexity index is 1150. The molecule has 2 aromatic heterocycles. The molecule has 1 unspecified atom stereocenters. The summed E-state index contributed by atoms with van der Waals surface area (Å²) in [6, 6.07) is 13.9. The summed E-state index contributed by atoms with van der Waals surface area (Å²) in [6.07, 6.45) is 3.92. The maximum atomic E-state index is 13.2. The van der Waals surface area contributed by atoms with Gasteiger partial charge in [-0.25, -0.2) is 0 Å². The van der Waals surface area contributed by atoms with Crippen molar-refractivity contribution in [3.05, 3.63) is 77.1 Å². The van der Waals surface area contributed by atoms with Crippen LogP contribution in [0.1, 0.15) is 33.0 Å². The Hall–Kier alpha value is -3.06. The van der Waals surface area contributed by atoms with E-state index in [-0.39, 0.29) is 11.8 Å². The second-order valence-corrected chi connectivity index (χ2v) is 7.38. The van der Waals surface area contributed by atoms with Crippen molar-refractivity contribution in [1.29, 1.82) is 0 Å². The van der Waals surface area contributed by atoms with E-state index < -0.39 is 0 Å². The quantitative estimate of drug-likeness (QED) is 0.540. The average molecular weight is 375 g/mol. The lowest BCUT2D eigenvalue weighted by Gasteiger charge is -2.34. The van der Waals surface area contributed by atoms with Crippen molar-refractivity contribution < 1.29 is 4.79 Å². The highest BCUT2D eigenvalue weighted by atomic mass is 32.1. The van der Waals surface area contributed by atoms with Crippen LogP contribution in [0.4, 0.5) is 0 Å². The van der Waals surface area contributed by atoms with E-state index >= 15 is 0 Å². The molecule has 5 rings (SSSR count). The smallest absolute Gasteiger partial charge is 0.254 e. The molecule has 0 saturated heterocycles. The number of amides is 1. The highest BCUT2D eigenvalue weighted by Crippen LogP contribution is 2.34. The average Bonchev–Trinajstić information content (AvgIpc) is 3.34. The van der Waals surface area contributed by atoms with Crippen molar-refractivity contribution in [2.75, 3.05) is 6.54 Å². The Morgan fingerprint density at radius 1 is 1.15 bits per heavy atom. The lowest BCUT2D eigenvalue weighted by Crippen LogP contribution is -2.38. The van der Waals surface area contributed by atoms with E-state index in [2.05, 4.69) is 32.0 Å². The maximum absolute atomic E-state index is 13.2. The zero-order chi connectivity index (χ0) is 18.4. The second kappa shape index (κ2) is 6.28. The highest BCUT2D eigenvalue weighted by molar-refractivity contribution is 7.00. The number of benzene rings is 2. The fourth-order valence-corrected chi connectivity index (χ4v) is 4.28. The van der Waals surface area contributed by atoms with Crippen LogP contribution in [-0.4, -0.2) is 35.9 Å². The molecule has 0 fully saturated rings. The van der Waals surface area contributed by atoms with Gasteiger partial charge in [0.15, 0.2) is 0 Å². The molecular formula is C20H17N5OS. The van der Waals surface area contributed by atoms with Crippen molar-refractivity contribution in [2.45, 2.75) is 12.5 Å². The van der Waals surface area contributed by atoms with Crippen LogP contribution >= 0.6 is 11.7 Å². The molecule has 134 valence electrons. The third-order valence-corrected chi connectivity index (χ3v) is 5.67. The minimum absolute atomic E-state index is 0.0216. The van der Waals surface area contributed by atoms with E-state index in [4.69, 9.17) is 0 Å². The third-order valence-electron chi connectivity index (χ3n) is 5.11.